The van der Waals surface area contributed by atoms with E-state index in [4.69, 9.17) is 4.74 Å². The first-order valence-electron chi connectivity index (χ1n) is 10.7. The summed E-state index contributed by atoms with van der Waals surface area (Å²) in [6.45, 7) is 2.87. The largest absolute Gasteiger partial charge is 0.385 e. The van der Waals surface area contributed by atoms with Crippen molar-refractivity contribution in [2.75, 3.05) is 30.3 Å². The monoisotopic (exact) mass is 481 g/mol. The van der Waals surface area contributed by atoms with E-state index in [1.807, 2.05) is 6.92 Å². The number of rotatable bonds is 10. The molecule has 3 aromatic rings. The van der Waals surface area contributed by atoms with Gasteiger partial charge in [-0.2, -0.15) is 0 Å². The number of carbonyl (C=O) groups is 2. The van der Waals surface area contributed by atoms with Crippen LogP contribution in [0.3, 0.4) is 0 Å². The number of hydrogen-bond acceptors (Lipinski definition) is 5. The number of hydrogen-bond donors (Lipinski definition) is 3. The molecule has 178 valence electrons. The number of amides is 2. The van der Waals surface area contributed by atoms with Crippen molar-refractivity contribution >= 4 is 33.2 Å². The van der Waals surface area contributed by atoms with Crippen LogP contribution in [0.1, 0.15) is 32.7 Å². The summed E-state index contributed by atoms with van der Waals surface area (Å²) in [7, 11) is -2.15. The smallest absolute Gasteiger partial charge is 0.261 e. The zero-order valence-electron chi connectivity index (χ0n) is 19.0. The second-order valence-electron chi connectivity index (χ2n) is 7.60. The lowest BCUT2D eigenvalue weighted by Gasteiger charge is -2.12. The average Bonchev–Trinajstić information content (AvgIpc) is 2.82. The minimum absolute atomic E-state index is 0.150. The maximum atomic E-state index is 12.7. The van der Waals surface area contributed by atoms with Gasteiger partial charge in [-0.1, -0.05) is 29.8 Å². The fraction of sp³-hybridized carbons (Fsp3) is 0.200. The van der Waals surface area contributed by atoms with Crippen LogP contribution in [0.25, 0.3) is 0 Å². The fourth-order valence-corrected chi connectivity index (χ4v) is 4.18. The van der Waals surface area contributed by atoms with E-state index in [2.05, 4.69) is 15.4 Å². The quantitative estimate of drug-likeness (QED) is 0.381. The van der Waals surface area contributed by atoms with E-state index in [0.29, 0.717) is 42.1 Å². The van der Waals surface area contributed by atoms with Crippen molar-refractivity contribution in [2.45, 2.75) is 18.2 Å². The molecule has 0 aliphatic heterocycles. The molecule has 3 aromatic carbocycles. The molecular weight excluding hydrogens is 454 g/mol. The van der Waals surface area contributed by atoms with Crippen LogP contribution in [-0.4, -0.2) is 40.5 Å². The molecule has 0 fully saturated rings. The molecule has 0 spiro atoms. The van der Waals surface area contributed by atoms with E-state index in [-0.39, 0.29) is 10.8 Å². The Balaban J connectivity index is 1.66. The number of para-hydroxylation sites is 1. The Morgan fingerprint density at radius 2 is 1.56 bits per heavy atom. The SMILES string of the molecule is COCCCNC(=O)c1ccccc1NC(=O)c1ccc(NS(=O)(=O)c2ccc(C)cc2)cc1. The average molecular weight is 482 g/mol. The number of nitrogens with one attached hydrogen (secondary N) is 3. The molecular formula is C25H27N3O5S. The predicted molar refractivity (Wildman–Crippen MR) is 132 cm³/mol. The molecule has 0 saturated carbocycles. The Kier molecular flexibility index (Phi) is 8.39. The normalized spacial score (nSPS) is 11.0. The number of ether oxygens (including phenoxy) is 1. The van der Waals surface area contributed by atoms with E-state index in [0.717, 1.165) is 5.56 Å². The van der Waals surface area contributed by atoms with Crippen LogP contribution >= 0.6 is 0 Å². The minimum Gasteiger partial charge on any atom is -0.385 e. The Bertz CT molecular complexity index is 1240. The van der Waals surface area contributed by atoms with Gasteiger partial charge in [0.15, 0.2) is 0 Å². The van der Waals surface area contributed by atoms with Gasteiger partial charge in [0, 0.05) is 31.5 Å². The summed E-state index contributed by atoms with van der Waals surface area (Å²) in [6.07, 6.45) is 0.677. The fourth-order valence-electron chi connectivity index (χ4n) is 3.12. The third-order valence-electron chi connectivity index (χ3n) is 4.96. The zero-order valence-corrected chi connectivity index (χ0v) is 19.8. The third-order valence-corrected chi connectivity index (χ3v) is 6.36. The molecule has 2 amide bonds. The van der Waals surface area contributed by atoms with Crippen molar-refractivity contribution in [1.82, 2.24) is 5.32 Å². The summed E-state index contributed by atoms with van der Waals surface area (Å²) in [6, 6.07) is 19.3. The van der Waals surface area contributed by atoms with Gasteiger partial charge in [-0.05, 0) is 61.9 Å². The van der Waals surface area contributed by atoms with Crippen molar-refractivity contribution in [1.29, 1.82) is 0 Å². The molecule has 0 radical (unpaired) electrons. The number of methoxy groups -OCH3 is 1. The molecule has 0 aromatic heterocycles. The standard InChI is InChI=1S/C25H27N3O5S/c1-18-8-14-21(15-9-18)34(31,32)28-20-12-10-19(11-13-20)24(29)27-23-7-4-3-6-22(23)25(30)26-16-5-17-33-2/h3-4,6-15,28H,5,16-17H2,1-2H3,(H,26,30)(H,27,29). The number of benzene rings is 3. The first-order chi connectivity index (χ1) is 16.3. The molecule has 8 nitrogen and oxygen atoms in total. The Labute approximate surface area is 199 Å². The Morgan fingerprint density at radius 1 is 0.882 bits per heavy atom. The van der Waals surface area contributed by atoms with E-state index in [1.54, 1.807) is 43.5 Å². The molecule has 0 bridgehead atoms. The molecule has 0 unspecified atom stereocenters. The summed E-state index contributed by atoms with van der Waals surface area (Å²) in [5.74, 6) is -0.722. The summed E-state index contributed by atoms with van der Waals surface area (Å²) in [5.41, 5.74) is 2.32. The zero-order chi connectivity index (χ0) is 24.6. The van der Waals surface area contributed by atoms with Crippen molar-refractivity contribution in [3.8, 4) is 0 Å². The topological polar surface area (TPSA) is 114 Å². The van der Waals surface area contributed by atoms with Gasteiger partial charge in [-0.3, -0.25) is 14.3 Å². The van der Waals surface area contributed by atoms with Crippen LogP contribution in [-0.2, 0) is 14.8 Å². The highest BCUT2D eigenvalue weighted by Gasteiger charge is 2.16. The van der Waals surface area contributed by atoms with Crippen molar-refractivity contribution in [3.05, 3.63) is 89.5 Å². The lowest BCUT2D eigenvalue weighted by Crippen LogP contribution is -2.26. The van der Waals surface area contributed by atoms with Crippen molar-refractivity contribution in [3.63, 3.8) is 0 Å². The molecule has 0 aliphatic carbocycles. The maximum Gasteiger partial charge on any atom is 0.261 e. The Hall–Kier alpha value is -3.69. The molecule has 3 rings (SSSR count). The highest BCUT2D eigenvalue weighted by atomic mass is 32.2. The number of aryl methyl sites for hydroxylation is 1. The van der Waals surface area contributed by atoms with Crippen LogP contribution < -0.4 is 15.4 Å². The van der Waals surface area contributed by atoms with E-state index < -0.39 is 15.9 Å². The van der Waals surface area contributed by atoms with Crippen LogP contribution in [0.4, 0.5) is 11.4 Å². The summed E-state index contributed by atoms with van der Waals surface area (Å²) in [4.78, 5) is 25.4. The van der Waals surface area contributed by atoms with Crippen LogP contribution in [0.5, 0.6) is 0 Å². The van der Waals surface area contributed by atoms with E-state index in [9.17, 15) is 18.0 Å². The van der Waals surface area contributed by atoms with Gasteiger partial charge in [0.05, 0.1) is 16.1 Å². The van der Waals surface area contributed by atoms with Crippen molar-refractivity contribution < 1.29 is 22.7 Å². The first kappa shape index (κ1) is 24.9. The molecule has 9 heteroatoms. The number of sulfonamides is 1. The lowest BCUT2D eigenvalue weighted by molar-refractivity contribution is 0.0949. The first-order valence-corrected chi connectivity index (χ1v) is 12.2. The molecule has 0 heterocycles. The number of carbonyl (C=O) groups excluding carboxylic acids is 2. The van der Waals surface area contributed by atoms with Gasteiger partial charge in [-0.15, -0.1) is 0 Å². The second-order valence-corrected chi connectivity index (χ2v) is 9.28. The number of anilines is 2. The van der Waals surface area contributed by atoms with Crippen molar-refractivity contribution in [2.24, 2.45) is 0 Å². The summed E-state index contributed by atoms with van der Waals surface area (Å²) in [5, 5.41) is 5.54. The molecule has 34 heavy (non-hydrogen) atoms. The highest BCUT2D eigenvalue weighted by molar-refractivity contribution is 7.92. The highest BCUT2D eigenvalue weighted by Crippen LogP contribution is 2.19. The van der Waals surface area contributed by atoms with Crippen LogP contribution in [0.15, 0.2) is 77.7 Å². The molecule has 0 saturated heterocycles. The Morgan fingerprint density at radius 3 is 2.24 bits per heavy atom. The lowest BCUT2D eigenvalue weighted by atomic mass is 10.1. The van der Waals surface area contributed by atoms with Gasteiger partial charge < -0.3 is 15.4 Å². The summed E-state index contributed by atoms with van der Waals surface area (Å²) >= 11 is 0. The van der Waals surface area contributed by atoms with Crippen LogP contribution in [0.2, 0.25) is 0 Å². The van der Waals surface area contributed by atoms with Gasteiger partial charge >= 0.3 is 0 Å². The van der Waals surface area contributed by atoms with Crippen LogP contribution in [0, 0.1) is 6.92 Å². The minimum atomic E-state index is -3.74. The predicted octanol–water partition coefficient (Wildman–Crippen LogP) is 3.81. The van der Waals surface area contributed by atoms with E-state index >= 15 is 0 Å². The van der Waals surface area contributed by atoms with E-state index in [1.165, 1.54) is 36.4 Å². The van der Waals surface area contributed by atoms with Gasteiger partial charge in [0.25, 0.3) is 21.8 Å². The van der Waals surface area contributed by atoms with Gasteiger partial charge in [0.2, 0.25) is 0 Å². The maximum absolute atomic E-state index is 12.7. The van der Waals surface area contributed by atoms with Gasteiger partial charge in [0.1, 0.15) is 0 Å². The third kappa shape index (κ3) is 6.66. The molecule has 3 N–H and O–H groups in total. The second kappa shape index (κ2) is 11.4. The molecule has 0 aliphatic rings. The summed E-state index contributed by atoms with van der Waals surface area (Å²) < 4.78 is 32.6. The van der Waals surface area contributed by atoms with Gasteiger partial charge in [-0.25, -0.2) is 8.42 Å². The molecule has 0 atom stereocenters.